The summed E-state index contributed by atoms with van der Waals surface area (Å²) in [7, 11) is 0. The number of anilines is 1. The predicted molar refractivity (Wildman–Crippen MR) is 129 cm³/mol. The molecular formula is C27H33NO7. The van der Waals surface area contributed by atoms with Crippen molar-refractivity contribution in [2.24, 2.45) is 11.3 Å². The van der Waals surface area contributed by atoms with E-state index >= 15 is 0 Å². The van der Waals surface area contributed by atoms with Crippen LogP contribution in [0, 0.1) is 25.2 Å². The fourth-order valence-electron chi connectivity index (χ4n) is 4.17. The van der Waals surface area contributed by atoms with E-state index in [2.05, 4.69) is 5.32 Å². The number of aryl methyl sites for hydroxylation is 2. The maximum Gasteiger partial charge on any atom is 0.340 e. The molecule has 1 aromatic rings. The summed E-state index contributed by atoms with van der Waals surface area (Å²) in [5, 5.41) is 3.13. The number of benzene rings is 1. The SMILES string of the molecule is Cc1cccc(C)c1NC1=C(C(=O)OC(C)(C)C)[C@@H](C(=O)OC(C)(C)C)[C@@]2(C)C(=O)C(=O)C=C2O1. The van der Waals surface area contributed by atoms with Crippen molar-refractivity contribution < 1.29 is 33.4 Å². The third-order valence-corrected chi connectivity index (χ3v) is 5.77. The smallest absolute Gasteiger partial charge is 0.340 e. The normalized spacial score (nSPS) is 22.3. The largest absolute Gasteiger partial charge is 0.459 e. The molecule has 35 heavy (non-hydrogen) atoms. The molecule has 1 aromatic carbocycles. The molecule has 8 heteroatoms. The average molecular weight is 484 g/mol. The predicted octanol–water partition coefficient (Wildman–Crippen LogP) is 4.30. The first-order valence-electron chi connectivity index (χ1n) is 11.5. The Kier molecular flexibility index (Phi) is 6.48. The highest BCUT2D eigenvalue weighted by Gasteiger charge is 2.62. The van der Waals surface area contributed by atoms with Gasteiger partial charge in [0, 0.05) is 11.8 Å². The third kappa shape index (κ3) is 5.01. The topological polar surface area (TPSA) is 108 Å². The molecule has 0 radical (unpaired) electrons. The standard InChI is InChI=1S/C27H33NO7/c1-14-11-10-12-15(2)20(14)28-22-18(23(31)34-25(3,4)5)19(24(32)35-26(6,7)8)27(9)17(33-22)13-16(29)21(27)30/h10-13,19,28H,1-9H3/t19-,27-/m0/s1. The molecular weight excluding hydrogens is 450 g/mol. The van der Waals surface area contributed by atoms with Crippen LogP contribution in [0.1, 0.15) is 59.6 Å². The Morgan fingerprint density at radius 3 is 2.03 bits per heavy atom. The van der Waals surface area contributed by atoms with E-state index in [1.54, 1.807) is 41.5 Å². The summed E-state index contributed by atoms with van der Waals surface area (Å²) in [6, 6.07) is 5.64. The highest BCUT2D eigenvalue weighted by molar-refractivity contribution is 6.47. The maximum atomic E-state index is 13.6. The zero-order chi connectivity index (χ0) is 26.5. The summed E-state index contributed by atoms with van der Waals surface area (Å²) >= 11 is 0. The van der Waals surface area contributed by atoms with Crippen LogP contribution >= 0.6 is 0 Å². The molecule has 1 aliphatic heterocycles. The minimum atomic E-state index is -1.75. The van der Waals surface area contributed by atoms with Gasteiger partial charge in [0.1, 0.15) is 33.9 Å². The number of carbonyl (C=O) groups is 4. The number of hydrogen-bond donors (Lipinski definition) is 1. The van der Waals surface area contributed by atoms with E-state index in [-0.39, 0.29) is 17.2 Å². The number of Topliss-reactive ketones (excluding diaryl/α,β-unsaturated/α-hetero) is 1. The van der Waals surface area contributed by atoms with Crippen LogP contribution in [-0.2, 0) is 33.4 Å². The second-order valence-corrected chi connectivity index (χ2v) is 11.1. The molecule has 1 N–H and O–H groups in total. The molecule has 8 nitrogen and oxygen atoms in total. The number of ether oxygens (including phenoxy) is 3. The number of fused-ring (bicyclic) bond motifs is 1. The summed E-state index contributed by atoms with van der Waals surface area (Å²) in [5.74, 6) is -4.93. The fourth-order valence-corrected chi connectivity index (χ4v) is 4.17. The van der Waals surface area contributed by atoms with Gasteiger partial charge in [-0.1, -0.05) is 18.2 Å². The molecule has 188 valence electrons. The number of allylic oxidation sites excluding steroid dienone is 2. The average Bonchev–Trinajstić information content (AvgIpc) is 2.90. The lowest BCUT2D eigenvalue weighted by molar-refractivity contribution is -0.169. The summed E-state index contributed by atoms with van der Waals surface area (Å²) in [6.45, 7) is 15.3. The molecule has 2 atom stereocenters. The van der Waals surface area contributed by atoms with Crippen molar-refractivity contribution in [1.29, 1.82) is 0 Å². The van der Waals surface area contributed by atoms with Crippen LogP contribution in [-0.4, -0.2) is 34.7 Å². The van der Waals surface area contributed by atoms with Crippen LogP contribution in [0.5, 0.6) is 0 Å². The minimum Gasteiger partial charge on any atom is -0.459 e. The van der Waals surface area contributed by atoms with Gasteiger partial charge in [-0.25, -0.2) is 4.79 Å². The van der Waals surface area contributed by atoms with Crippen LogP contribution in [0.2, 0.25) is 0 Å². The summed E-state index contributed by atoms with van der Waals surface area (Å²) < 4.78 is 17.3. The Balaban J connectivity index is 2.29. The zero-order valence-corrected chi connectivity index (χ0v) is 21.7. The van der Waals surface area contributed by atoms with Gasteiger partial charge < -0.3 is 19.5 Å². The van der Waals surface area contributed by atoms with Crippen molar-refractivity contribution in [3.8, 4) is 0 Å². The highest BCUT2D eigenvalue weighted by Crippen LogP contribution is 2.51. The van der Waals surface area contributed by atoms with Gasteiger partial charge in [-0.2, -0.15) is 0 Å². The second-order valence-electron chi connectivity index (χ2n) is 11.1. The number of ketones is 2. The van der Waals surface area contributed by atoms with E-state index in [9.17, 15) is 19.2 Å². The van der Waals surface area contributed by atoms with Crippen LogP contribution in [0.25, 0.3) is 0 Å². The van der Waals surface area contributed by atoms with Crippen molar-refractivity contribution in [3.63, 3.8) is 0 Å². The van der Waals surface area contributed by atoms with Crippen LogP contribution in [0.3, 0.4) is 0 Å². The molecule has 0 bridgehead atoms. The summed E-state index contributed by atoms with van der Waals surface area (Å²) in [5.41, 5.74) is -1.40. The zero-order valence-electron chi connectivity index (χ0n) is 21.7. The van der Waals surface area contributed by atoms with Gasteiger partial charge >= 0.3 is 11.9 Å². The molecule has 0 saturated carbocycles. The van der Waals surface area contributed by atoms with E-state index in [4.69, 9.17) is 14.2 Å². The molecule has 1 heterocycles. The first kappa shape index (κ1) is 26.2. The van der Waals surface area contributed by atoms with Crippen molar-refractivity contribution in [2.45, 2.75) is 73.5 Å². The van der Waals surface area contributed by atoms with Gasteiger partial charge in [0.15, 0.2) is 0 Å². The molecule has 1 aliphatic carbocycles. The summed E-state index contributed by atoms with van der Waals surface area (Å²) in [4.78, 5) is 52.7. The number of nitrogens with one attached hydrogen (secondary N) is 1. The lowest BCUT2D eigenvalue weighted by atomic mass is 9.69. The Morgan fingerprint density at radius 2 is 1.51 bits per heavy atom. The number of esters is 2. The van der Waals surface area contributed by atoms with E-state index in [1.165, 1.54) is 6.92 Å². The van der Waals surface area contributed by atoms with E-state index in [0.717, 1.165) is 17.2 Å². The molecule has 0 spiro atoms. The highest BCUT2D eigenvalue weighted by atomic mass is 16.6. The molecule has 0 aromatic heterocycles. The molecule has 0 amide bonds. The van der Waals surface area contributed by atoms with Crippen LogP contribution in [0.15, 0.2) is 41.5 Å². The second kappa shape index (κ2) is 8.66. The van der Waals surface area contributed by atoms with Crippen molar-refractivity contribution in [1.82, 2.24) is 0 Å². The van der Waals surface area contributed by atoms with E-state index < -0.39 is 46.0 Å². The van der Waals surface area contributed by atoms with Gasteiger partial charge in [-0.3, -0.25) is 14.4 Å². The fraction of sp³-hybridized carbons (Fsp3) is 0.481. The lowest BCUT2D eigenvalue weighted by Crippen LogP contribution is -2.49. The number of para-hydroxylation sites is 1. The van der Waals surface area contributed by atoms with Gasteiger partial charge in [0.2, 0.25) is 17.4 Å². The van der Waals surface area contributed by atoms with Crippen LogP contribution in [0.4, 0.5) is 5.69 Å². The molecule has 0 unspecified atom stereocenters. The van der Waals surface area contributed by atoms with Gasteiger partial charge in [0.25, 0.3) is 0 Å². The number of hydrogen-bond acceptors (Lipinski definition) is 8. The number of rotatable bonds is 4. The number of carbonyl (C=O) groups excluding carboxylic acids is 4. The molecule has 0 saturated heterocycles. The molecule has 0 fully saturated rings. The van der Waals surface area contributed by atoms with Crippen molar-refractivity contribution >= 4 is 29.2 Å². The van der Waals surface area contributed by atoms with Gasteiger partial charge in [0.05, 0.1) is 0 Å². The molecule has 3 rings (SSSR count). The van der Waals surface area contributed by atoms with Crippen LogP contribution < -0.4 is 5.32 Å². The Bertz CT molecular complexity index is 1160. The Hall–Kier alpha value is -3.42. The first-order valence-corrected chi connectivity index (χ1v) is 11.5. The van der Waals surface area contributed by atoms with Gasteiger partial charge in [-0.05, 0) is 73.4 Å². The Morgan fingerprint density at radius 1 is 0.971 bits per heavy atom. The maximum absolute atomic E-state index is 13.6. The van der Waals surface area contributed by atoms with Crippen molar-refractivity contribution in [3.05, 3.63) is 52.6 Å². The van der Waals surface area contributed by atoms with E-state index in [1.807, 2.05) is 32.0 Å². The third-order valence-electron chi connectivity index (χ3n) is 5.77. The van der Waals surface area contributed by atoms with E-state index in [0.29, 0.717) is 5.69 Å². The minimum absolute atomic E-state index is 0.0237. The Labute approximate surface area is 205 Å². The quantitative estimate of drug-likeness (QED) is 0.499. The van der Waals surface area contributed by atoms with Crippen molar-refractivity contribution in [2.75, 3.05) is 5.32 Å². The molecule has 2 aliphatic rings. The lowest BCUT2D eigenvalue weighted by Gasteiger charge is -2.40. The monoisotopic (exact) mass is 483 g/mol. The first-order chi connectivity index (χ1) is 16.0. The van der Waals surface area contributed by atoms with Gasteiger partial charge in [-0.15, -0.1) is 0 Å². The summed E-state index contributed by atoms with van der Waals surface area (Å²) in [6.07, 6.45) is 1.07.